The highest BCUT2D eigenvalue weighted by atomic mass is 32.2. The van der Waals surface area contributed by atoms with Gasteiger partial charge in [0.1, 0.15) is 29.2 Å². The summed E-state index contributed by atoms with van der Waals surface area (Å²) in [5.74, 6) is -0.470. The molecule has 0 aliphatic carbocycles. The fourth-order valence-corrected chi connectivity index (χ4v) is 7.83. The van der Waals surface area contributed by atoms with Crippen molar-refractivity contribution in [2.45, 2.75) is 46.8 Å². The molecule has 2 unspecified atom stereocenters. The van der Waals surface area contributed by atoms with Gasteiger partial charge >= 0.3 is 6.09 Å². The maximum Gasteiger partial charge on any atom is 0.407 e. The molecule has 2 aliphatic heterocycles. The molecule has 1 spiro atoms. The SMILES string of the molecule is CS(=O)(=O)c1cccc(OCC(O)CN(C(=O)O)C2COC3(CCN(S(=O)(=O)c4c[nH]c5c(F)cccc5c4=O)CC3)C2)c1. The molecule has 2 aliphatic rings. The Balaban J connectivity index is 1.20. The molecule has 2 saturated heterocycles. The number of halogens is 1. The highest BCUT2D eigenvalue weighted by Crippen LogP contribution is 2.39. The van der Waals surface area contributed by atoms with Gasteiger partial charge in [-0.05, 0) is 49.6 Å². The third kappa shape index (κ3) is 6.44. The number of aromatic nitrogens is 1. The average molecular weight is 654 g/mol. The molecule has 3 heterocycles. The van der Waals surface area contributed by atoms with E-state index in [1.807, 2.05) is 0 Å². The summed E-state index contributed by atoms with van der Waals surface area (Å²) in [4.78, 5) is 28.2. The second-order valence-corrected chi connectivity index (χ2v) is 15.0. The number of ether oxygens (including phenoxy) is 2. The molecule has 1 amide bonds. The second kappa shape index (κ2) is 12.1. The molecule has 3 N–H and O–H groups in total. The Morgan fingerprint density at radius 2 is 1.91 bits per heavy atom. The van der Waals surface area contributed by atoms with Gasteiger partial charge in [-0.25, -0.2) is 26.0 Å². The molecule has 16 heteroatoms. The number of fused-ring (bicyclic) bond motifs is 1. The lowest BCUT2D eigenvalue weighted by molar-refractivity contribution is -0.0319. The van der Waals surface area contributed by atoms with Crippen LogP contribution in [0.15, 0.2) is 63.2 Å². The summed E-state index contributed by atoms with van der Waals surface area (Å²) in [6.45, 7) is -0.503. The summed E-state index contributed by atoms with van der Waals surface area (Å²) < 4.78 is 77.1. The first kappa shape index (κ1) is 31.8. The lowest BCUT2D eigenvalue weighted by atomic mass is 9.88. The Kier molecular flexibility index (Phi) is 8.74. The number of nitrogens with zero attached hydrogens (tertiary/aromatic N) is 2. The molecule has 0 saturated carbocycles. The summed E-state index contributed by atoms with van der Waals surface area (Å²) in [5.41, 5.74) is -1.68. The maximum absolute atomic E-state index is 14.1. The molecule has 1 aromatic heterocycles. The van der Waals surface area contributed by atoms with Gasteiger partial charge in [-0.2, -0.15) is 4.31 Å². The van der Waals surface area contributed by atoms with E-state index in [1.54, 1.807) is 0 Å². The summed E-state index contributed by atoms with van der Waals surface area (Å²) >= 11 is 0. The minimum Gasteiger partial charge on any atom is -0.491 e. The van der Waals surface area contributed by atoms with Gasteiger partial charge in [0.2, 0.25) is 15.5 Å². The molecule has 5 rings (SSSR count). The van der Waals surface area contributed by atoms with Crippen LogP contribution in [-0.2, 0) is 24.6 Å². The van der Waals surface area contributed by atoms with Crippen LogP contribution in [0, 0.1) is 5.82 Å². The highest BCUT2D eigenvalue weighted by molar-refractivity contribution is 7.90. The zero-order valence-corrected chi connectivity index (χ0v) is 25.3. The number of H-pyrrole nitrogens is 1. The Hall–Kier alpha value is -3.57. The van der Waals surface area contributed by atoms with Crippen LogP contribution < -0.4 is 10.2 Å². The van der Waals surface area contributed by atoms with Crippen LogP contribution in [0.2, 0.25) is 0 Å². The van der Waals surface area contributed by atoms with Crippen molar-refractivity contribution in [3.05, 3.63) is 64.7 Å². The van der Waals surface area contributed by atoms with Crippen molar-refractivity contribution < 1.29 is 45.7 Å². The molecule has 0 radical (unpaired) electrons. The van der Waals surface area contributed by atoms with Gasteiger partial charge in [0.25, 0.3) is 0 Å². The zero-order chi connectivity index (χ0) is 31.9. The fourth-order valence-electron chi connectivity index (χ4n) is 5.68. The molecule has 2 aromatic carbocycles. The largest absolute Gasteiger partial charge is 0.491 e. The number of nitrogens with one attached hydrogen (secondary N) is 1. The topological polar surface area (TPSA) is 184 Å². The Bertz CT molecular complexity index is 1840. The number of sulfonamides is 1. The lowest BCUT2D eigenvalue weighted by Crippen LogP contribution is -2.49. The van der Waals surface area contributed by atoms with E-state index in [1.165, 1.54) is 40.7 Å². The predicted octanol–water partition coefficient (Wildman–Crippen LogP) is 1.80. The number of sulfone groups is 1. The van der Waals surface area contributed by atoms with E-state index >= 15 is 0 Å². The minimum atomic E-state index is -4.22. The van der Waals surface area contributed by atoms with Crippen molar-refractivity contribution in [2.75, 3.05) is 39.1 Å². The number of benzene rings is 2. The van der Waals surface area contributed by atoms with Gasteiger partial charge in [0.15, 0.2) is 9.84 Å². The van der Waals surface area contributed by atoms with Crippen LogP contribution >= 0.6 is 0 Å². The first-order valence-electron chi connectivity index (χ1n) is 13.7. The maximum atomic E-state index is 14.1. The minimum absolute atomic E-state index is 0.0196. The van der Waals surface area contributed by atoms with E-state index in [2.05, 4.69) is 4.98 Å². The van der Waals surface area contributed by atoms with E-state index in [4.69, 9.17) is 9.47 Å². The Morgan fingerprint density at radius 3 is 2.59 bits per heavy atom. The monoisotopic (exact) mass is 653 g/mol. The number of carboxylic acid groups (broad SMARTS) is 1. The fraction of sp³-hybridized carbons (Fsp3) is 0.429. The van der Waals surface area contributed by atoms with E-state index in [0.29, 0.717) is 0 Å². The number of carbonyl (C=O) groups is 1. The van der Waals surface area contributed by atoms with Gasteiger partial charge in [-0.15, -0.1) is 0 Å². The summed E-state index contributed by atoms with van der Waals surface area (Å²) in [6, 6.07) is 8.96. The number of piperidine rings is 1. The first-order chi connectivity index (χ1) is 20.7. The smallest absolute Gasteiger partial charge is 0.407 e. The quantitative estimate of drug-likeness (QED) is 0.308. The molecule has 13 nitrogen and oxygen atoms in total. The van der Waals surface area contributed by atoms with Gasteiger partial charge in [-0.1, -0.05) is 12.1 Å². The average Bonchev–Trinajstić information content (AvgIpc) is 3.37. The number of pyridine rings is 1. The third-order valence-electron chi connectivity index (χ3n) is 8.04. The molecule has 44 heavy (non-hydrogen) atoms. The first-order valence-corrected chi connectivity index (χ1v) is 17.1. The number of aromatic amines is 1. The van der Waals surface area contributed by atoms with Crippen molar-refractivity contribution >= 4 is 36.9 Å². The molecule has 0 bridgehead atoms. The molecular weight excluding hydrogens is 621 g/mol. The molecule has 238 valence electrons. The summed E-state index contributed by atoms with van der Waals surface area (Å²) in [7, 11) is -7.68. The van der Waals surface area contributed by atoms with E-state index < -0.39 is 59.8 Å². The van der Waals surface area contributed by atoms with Gasteiger partial charge < -0.3 is 29.6 Å². The molecule has 3 aromatic rings. The van der Waals surface area contributed by atoms with Crippen LogP contribution in [0.4, 0.5) is 9.18 Å². The molecular formula is C28H32FN3O10S2. The van der Waals surface area contributed by atoms with Crippen LogP contribution in [0.3, 0.4) is 0 Å². The highest BCUT2D eigenvalue weighted by Gasteiger charge is 2.47. The third-order valence-corrected chi connectivity index (χ3v) is 11.1. The summed E-state index contributed by atoms with van der Waals surface area (Å²) in [6.07, 6.45) is 0.313. The van der Waals surface area contributed by atoms with Crippen molar-refractivity contribution in [2.24, 2.45) is 0 Å². The van der Waals surface area contributed by atoms with Crippen LogP contribution in [0.1, 0.15) is 19.3 Å². The van der Waals surface area contributed by atoms with Gasteiger partial charge in [-0.3, -0.25) is 4.79 Å². The van der Waals surface area contributed by atoms with E-state index in [0.717, 1.165) is 23.4 Å². The Labute approximate surface area is 252 Å². The van der Waals surface area contributed by atoms with Gasteiger partial charge in [0, 0.05) is 30.9 Å². The van der Waals surface area contributed by atoms with Crippen molar-refractivity contribution in [1.29, 1.82) is 0 Å². The van der Waals surface area contributed by atoms with Crippen molar-refractivity contribution in [3.63, 3.8) is 0 Å². The lowest BCUT2D eigenvalue weighted by Gasteiger charge is -2.38. The van der Waals surface area contributed by atoms with Crippen LogP contribution in [0.25, 0.3) is 10.9 Å². The molecule has 2 atom stereocenters. The van der Waals surface area contributed by atoms with Crippen molar-refractivity contribution in [1.82, 2.24) is 14.2 Å². The van der Waals surface area contributed by atoms with E-state index in [9.17, 15) is 41.0 Å². The van der Waals surface area contributed by atoms with Gasteiger partial charge in [0.05, 0.1) is 35.2 Å². The standard InChI is InChI=1S/C28H32FN3O10S2/c1-43(37,38)21-5-2-4-20(12-21)41-17-19(33)15-32(27(35)36)18-13-28(42-16-18)8-10-31(11-9-28)44(39,40)24-14-30-25-22(26(24)34)6-3-7-23(25)29/h2-7,12,14,18-19,33H,8-11,13,15-17H2,1H3,(H,30,34)(H,35,36). The predicted molar refractivity (Wildman–Crippen MR) is 155 cm³/mol. The number of amides is 1. The number of aliphatic hydroxyl groups is 1. The Morgan fingerprint density at radius 1 is 1.20 bits per heavy atom. The molecule has 2 fully saturated rings. The van der Waals surface area contributed by atoms with Crippen LogP contribution in [-0.4, -0.2) is 104 Å². The number of rotatable bonds is 9. The normalized spacial score (nSPS) is 19.7. The number of aliphatic hydroxyl groups excluding tert-OH is 1. The number of hydrogen-bond acceptors (Lipinski definition) is 9. The van der Waals surface area contributed by atoms with E-state index in [-0.39, 0.29) is 73.7 Å². The van der Waals surface area contributed by atoms with Crippen LogP contribution in [0.5, 0.6) is 5.75 Å². The number of hydrogen-bond donors (Lipinski definition) is 3. The zero-order valence-electron chi connectivity index (χ0n) is 23.7. The van der Waals surface area contributed by atoms with Crippen molar-refractivity contribution in [3.8, 4) is 5.75 Å². The summed E-state index contributed by atoms with van der Waals surface area (Å²) in [5, 5.41) is 20.3. The number of para-hydroxylation sites is 1. The second-order valence-electron chi connectivity index (χ2n) is 11.0.